The molecule has 4 heteroatoms. The zero-order chi connectivity index (χ0) is 17.7. The standard InChI is InChI=1S/C22H17NO2S/c1-24-18-12-16-17(13-19(18)25-2)23(14-8-4-3-5-9-14)21-15-10-6-7-11-20(15)26-22(16)21/h3-13H,1-2H3. The Morgan fingerprint density at radius 3 is 2.23 bits per heavy atom. The van der Waals surface area contributed by atoms with E-state index in [0.29, 0.717) is 0 Å². The summed E-state index contributed by atoms with van der Waals surface area (Å²) in [4.78, 5) is 0. The monoisotopic (exact) mass is 359 g/mol. The second-order valence-electron chi connectivity index (χ2n) is 6.17. The highest BCUT2D eigenvalue weighted by atomic mass is 32.1. The van der Waals surface area contributed by atoms with E-state index in [0.717, 1.165) is 22.7 Å². The normalized spacial score (nSPS) is 11.5. The summed E-state index contributed by atoms with van der Waals surface area (Å²) >= 11 is 1.82. The number of thiophene rings is 1. The number of hydrogen-bond acceptors (Lipinski definition) is 3. The molecule has 2 heterocycles. The van der Waals surface area contributed by atoms with Crippen LogP contribution in [0.2, 0.25) is 0 Å². The first-order valence-corrected chi connectivity index (χ1v) is 9.26. The number of ether oxygens (including phenoxy) is 2. The Bertz CT molecular complexity index is 1250. The van der Waals surface area contributed by atoms with E-state index in [1.54, 1.807) is 14.2 Å². The Morgan fingerprint density at radius 1 is 0.769 bits per heavy atom. The van der Waals surface area contributed by atoms with Gasteiger partial charge in [0.25, 0.3) is 0 Å². The van der Waals surface area contributed by atoms with Gasteiger partial charge in [0.1, 0.15) is 0 Å². The van der Waals surface area contributed by atoms with Crippen LogP contribution < -0.4 is 9.47 Å². The Morgan fingerprint density at radius 2 is 1.46 bits per heavy atom. The number of aromatic nitrogens is 1. The van der Waals surface area contributed by atoms with Gasteiger partial charge in [0.15, 0.2) is 11.5 Å². The van der Waals surface area contributed by atoms with Gasteiger partial charge < -0.3 is 14.0 Å². The predicted octanol–water partition coefficient (Wildman–Crippen LogP) is 6.02. The molecule has 0 unspecified atom stereocenters. The minimum absolute atomic E-state index is 0.742. The van der Waals surface area contributed by atoms with Gasteiger partial charge in [0, 0.05) is 27.2 Å². The molecule has 0 saturated carbocycles. The maximum atomic E-state index is 5.56. The van der Waals surface area contributed by atoms with Gasteiger partial charge in [0.2, 0.25) is 0 Å². The van der Waals surface area contributed by atoms with E-state index in [2.05, 4.69) is 65.2 Å². The third-order valence-corrected chi connectivity index (χ3v) is 5.99. The van der Waals surface area contributed by atoms with Crippen molar-refractivity contribution in [3.05, 3.63) is 66.7 Å². The fraction of sp³-hybridized carbons (Fsp3) is 0.0909. The second-order valence-corrected chi connectivity index (χ2v) is 7.22. The minimum Gasteiger partial charge on any atom is -0.493 e. The molecule has 5 aromatic rings. The van der Waals surface area contributed by atoms with E-state index in [1.165, 1.54) is 25.7 Å². The van der Waals surface area contributed by atoms with Crippen LogP contribution in [0.1, 0.15) is 0 Å². The Labute approximate surface area is 155 Å². The van der Waals surface area contributed by atoms with Crippen molar-refractivity contribution in [2.24, 2.45) is 0 Å². The van der Waals surface area contributed by atoms with Crippen LogP contribution in [0, 0.1) is 0 Å². The van der Waals surface area contributed by atoms with Crippen molar-refractivity contribution in [2.75, 3.05) is 14.2 Å². The second kappa shape index (κ2) is 5.78. The van der Waals surface area contributed by atoms with E-state index < -0.39 is 0 Å². The third kappa shape index (κ3) is 2.06. The van der Waals surface area contributed by atoms with E-state index in [-0.39, 0.29) is 0 Å². The fourth-order valence-electron chi connectivity index (χ4n) is 3.64. The smallest absolute Gasteiger partial charge is 0.162 e. The molecule has 3 nitrogen and oxygen atoms in total. The fourth-order valence-corrected chi connectivity index (χ4v) is 4.85. The molecular weight excluding hydrogens is 342 g/mol. The molecule has 3 aromatic carbocycles. The molecule has 26 heavy (non-hydrogen) atoms. The van der Waals surface area contributed by atoms with Crippen molar-refractivity contribution in [1.82, 2.24) is 4.57 Å². The number of methoxy groups -OCH3 is 2. The van der Waals surface area contributed by atoms with Crippen LogP contribution in [-0.2, 0) is 0 Å². The Balaban J connectivity index is 2.03. The lowest BCUT2D eigenvalue weighted by Gasteiger charge is -2.11. The van der Waals surface area contributed by atoms with Crippen molar-refractivity contribution >= 4 is 42.5 Å². The van der Waals surface area contributed by atoms with Crippen LogP contribution >= 0.6 is 11.3 Å². The highest BCUT2D eigenvalue weighted by Gasteiger charge is 2.20. The molecule has 0 aliphatic heterocycles. The summed E-state index contributed by atoms with van der Waals surface area (Å²) in [6.07, 6.45) is 0. The zero-order valence-corrected chi connectivity index (χ0v) is 15.3. The van der Waals surface area contributed by atoms with Crippen LogP contribution in [0.4, 0.5) is 0 Å². The van der Waals surface area contributed by atoms with Gasteiger partial charge in [-0.1, -0.05) is 36.4 Å². The van der Waals surface area contributed by atoms with Gasteiger partial charge in [-0.3, -0.25) is 0 Å². The molecule has 128 valence electrons. The summed E-state index contributed by atoms with van der Waals surface area (Å²) < 4.78 is 16.0. The number of rotatable bonds is 3. The molecule has 0 aliphatic carbocycles. The summed E-state index contributed by atoms with van der Waals surface area (Å²) in [6, 6.07) is 23.2. The lowest BCUT2D eigenvalue weighted by atomic mass is 10.2. The van der Waals surface area contributed by atoms with Crippen LogP contribution in [0.5, 0.6) is 11.5 Å². The quantitative estimate of drug-likeness (QED) is 0.393. The molecule has 0 fully saturated rings. The van der Waals surface area contributed by atoms with Crippen LogP contribution in [0.15, 0.2) is 66.7 Å². The highest BCUT2D eigenvalue weighted by Crippen LogP contribution is 2.45. The summed E-state index contributed by atoms with van der Waals surface area (Å²) in [7, 11) is 3.36. The average molecular weight is 359 g/mol. The number of fused-ring (bicyclic) bond motifs is 5. The summed E-state index contributed by atoms with van der Waals surface area (Å²) in [5.41, 5.74) is 3.51. The molecule has 0 saturated heterocycles. The summed E-state index contributed by atoms with van der Waals surface area (Å²) in [5, 5.41) is 2.45. The molecule has 0 amide bonds. The molecule has 0 aliphatic rings. The topological polar surface area (TPSA) is 23.4 Å². The summed E-state index contributed by atoms with van der Waals surface area (Å²) in [5.74, 6) is 1.50. The van der Waals surface area contributed by atoms with Crippen molar-refractivity contribution in [3.8, 4) is 17.2 Å². The first-order valence-electron chi connectivity index (χ1n) is 8.45. The molecule has 0 N–H and O–H groups in total. The maximum Gasteiger partial charge on any atom is 0.162 e. The van der Waals surface area contributed by atoms with Crippen LogP contribution in [-0.4, -0.2) is 18.8 Å². The van der Waals surface area contributed by atoms with Crippen LogP contribution in [0.25, 0.3) is 36.9 Å². The number of benzene rings is 3. The van der Waals surface area contributed by atoms with E-state index >= 15 is 0 Å². The summed E-state index contributed by atoms with van der Waals surface area (Å²) in [6.45, 7) is 0. The SMILES string of the molecule is COc1cc2c3sc4ccccc4c3n(-c3ccccc3)c2cc1OC. The largest absolute Gasteiger partial charge is 0.493 e. The van der Waals surface area contributed by atoms with Crippen molar-refractivity contribution in [3.63, 3.8) is 0 Å². The molecule has 0 bridgehead atoms. The molecule has 0 spiro atoms. The van der Waals surface area contributed by atoms with Gasteiger partial charge in [-0.05, 0) is 24.3 Å². The lowest BCUT2D eigenvalue weighted by Crippen LogP contribution is -1.95. The van der Waals surface area contributed by atoms with Gasteiger partial charge in [-0.25, -0.2) is 0 Å². The number of hydrogen-bond donors (Lipinski definition) is 0. The lowest BCUT2D eigenvalue weighted by molar-refractivity contribution is 0.356. The zero-order valence-electron chi connectivity index (χ0n) is 14.5. The van der Waals surface area contributed by atoms with E-state index in [1.807, 2.05) is 17.4 Å². The van der Waals surface area contributed by atoms with Gasteiger partial charge >= 0.3 is 0 Å². The van der Waals surface area contributed by atoms with Crippen molar-refractivity contribution in [2.45, 2.75) is 0 Å². The van der Waals surface area contributed by atoms with Crippen molar-refractivity contribution in [1.29, 1.82) is 0 Å². The number of para-hydroxylation sites is 1. The van der Waals surface area contributed by atoms with E-state index in [9.17, 15) is 0 Å². The van der Waals surface area contributed by atoms with E-state index in [4.69, 9.17) is 9.47 Å². The first-order chi connectivity index (χ1) is 12.8. The number of nitrogens with zero attached hydrogens (tertiary/aromatic N) is 1. The Kier molecular flexibility index (Phi) is 3.40. The predicted molar refractivity (Wildman–Crippen MR) is 109 cm³/mol. The Hall–Kier alpha value is -2.98. The first kappa shape index (κ1) is 15.3. The van der Waals surface area contributed by atoms with Crippen molar-refractivity contribution < 1.29 is 9.47 Å². The third-order valence-electron chi connectivity index (χ3n) is 4.79. The van der Waals surface area contributed by atoms with Gasteiger partial charge in [-0.2, -0.15) is 0 Å². The average Bonchev–Trinajstić information content (AvgIpc) is 3.21. The maximum absolute atomic E-state index is 5.56. The minimum atomic E-state index is 0.742. The molecular formula is C22H17NO2S. The molecule has 2 aromatic heterocycles. The highest BCUT2D eigenvalue weighted by molar-refractivity contribution is 7.26. The van der Waals surface area contributed by atoms with Crippen LogP contribution in [0.3, 0.4) is 0 Å². The molecule has 0 radical (unpaired) electrons. The molecule has 0 atom stereocenters. The van der Waals surface area contributed by atoms with Gasteiger partial charge in [0.05, 0.1) is 30.0 Å². The molecule has 5 rings (SSSR count). The van der Waals surface area contributed by atoms with Gasteiger partial charge in [-0.15, -0.1) is 11.3 Å².